The number of anilines is 1. The maximum atomic E-state index is 12.1. The number of nitro groups is 1. The van der Waals surface area contributed by atoms with Gasteiger partial charge in [0, 0.05) is 5.69 Å². The van der Waals surface area contributed by atoms with Gasteiger partial charge in [-0.15, -0.1) is 0 Å². The van der Waals surface area contributed by atoms with Crippen LogP contribution in [0.15, 0.2) is 42.6 Å². The first-order valence-electron chi connectivity index (χ1n) is 7.17. The van der Waals surface area contributed by atoms with E-state index in [2.05, 4.69) is 10.3 Å². The molecule has 1 amide bonds. The Balaban J connectivity index is 2.04. The molecule has 7 nitrogen and oxygen atoms in total. The lowest BCUT2D eigenvalue weighted by Gasteiger charge is -2.14. The van der Waals surface area contributed by atoms with Gasteiger partial charge in [0.1, 0.15) is 6.20 Å². The molecule has 1 N–H and O–H groups in total. The van der Waals surface area contributed by atoms with Crippen LogP contribution in [0.5, 0.6) is 5.75 Å². The average Bonchev–Trinajstić information content (AvgIpc) is 2.55. The van der Waals surface area contributed by atoms with Crippen molar-refractivity contribution in [2.24, 2.45) is 0 Å². The van der Waals surface area contributed by atoms with Gasteiger partial charge in [-0.2, -0.15) is 0 Å². The number of hydrogen-bond donors (Lipinski definition) is 1. The Hall–Kier alpha value is -2.96. The van der Waals surface area contributed by atoms with Crippen LogP contribution in [0.3, 0.4) is 0 Å². The van der Waals surface area contributed by atoms with Crippen LogP contribution >= 0.6 is 0 Å². The minimum absolute atomic E-state index is 0.0403. The van der Waals surface area contributed by atoms with Crippen LogP contribution in [0, 0.1) is 10.1 Å². The van der Waals surface area contributed by atoms with E-state index in [-0.39, 0.29) is 5.75 Å². The predicted octanol–water partition coefficient (Wildman–Crippen LogP) is 2.96. The molecule has 1 heterocycles. The molecule has 2 rings (SSSR count). The Morgan fingerprint density at radius 2 is 2.04 bits per heavy atom. The molecule has 0 aliphatic rings. The Labute approximate surface area is 133 Å². The van der Waals surface area contributed by atoms with E-state index in [1.54, 1.807) is 12.1 Å². The van der Waals surface area contributed by atoms with Gasteiger partial charge in [-0.1, -0.05) is 19.1 Å². The number of aromatic nitrogens is 1. The second-order valence-electron chi connectivity index (χ2n) is 4.88. The van der Waals surface area contributed by atoms with Crippen LogP contribution in [0.4, 0.5) is 11.5 Å². The monoisotopic (exact) mass is 315 g/mol. The number of aryl methyl sites for hydroxylation is 1. The van der Waals surface area contributed by atoms with E-state index >= 15 is 0 Å². The first-order valence-corrected chi connectivity index (χ1v) is 7.17. The number of nitrogens with zero attached hydrogens (tertiary/aromatic N) is 2. The van der Waals surface area contributed by atoms with Gasteiger partial charge in [0.15, 0.2) is 6.10 Å². The fourth-order valence-electron chi connectivity index (χ4n) is 1.92. The van der Waals surface area contributed by atoms with Gasteiger partial charge in [-0.05, 0) is 53.1 Å². The summed E-state index contributed by atoms with van der Waals surface area (Å²) in [7, 11) is 0. The molecule has 0 bridgehead atoms. The van der Waals surface area contributed by atoms with E-state index in [1.165, 1.54) is 30.8 Å². The minimum Gasteiger partial charge on any atom is -0.473 e. The summed E-state index contributed by atoms with van der Waals surface area (Å²) in [4.78, 5) is 26.0. The quantitative estimate of drug-likeness (QED) is 0.653. The Kier molecular flexibility index (Phi) is 5.24. The number of rotatable bonds is 6. The van der Waals surface area contributed by atoms with Crippen molar-refractivity contribution in [3.05, 3.63) is 58.3 Å². The van der Waals surface area contributed by atoms with E-state index < -0.39 is 22.8 Å². The molecule has 1 aromatic heterocycles. The number of amides is 1. The third-order valence-electron chi connectivity index (χ3n) is 3.23. The highest BCUT2D eigenvalue weighted by molar-refractivity contribution is 5.94. The van der Waals surface area contributed by atoms with Crippen molar-refractivity contribution in [2.75, 3.05) is 5.32 Å². The maximum Gasteiger partial charge on any atom is 0.406 e. The number of nitrogens with one attached hydrogen (secondary N) is 1. The second-order valence-corrected chi connectivity index (χ2v) is 4.88. The first-order chi connectivity index (χ1) is 11.0. The molecule has 23 heavy (non-hydrogen) atoms. The molecule has 1 unspecified atom stereocenters. The van der Waals surface area contributed by atoms with E-state index in [0.717, 1.165) is 6.42 Å². The predicted molar refractivity (Wildman–Crippen MR) is 85.4 cm³/mol. The standard InChI is InChI=1S/C16H17N3O4/c1-3-12-6-8-13(9-7-12)18-16(20)11(2)23-14-5-4-10-17-15(14)19(21)22/h4-11H,3H2,1-2H3,(H,18,20). The lowest BCUT2D eigenvalue weighted by molar-refractivity contribution is -0.390. The van der Waals surface area contributed by atoms with Gasteiger partial charge in [-0.25, -0.2) is 0 Å². The third kappa shape index (κ3) is 4.26. The van der Waals surface area contributed by atoms with Crippen LogP contribution in [-0.2, 0) is 11.2 Å². The van der Waals surface area contributed by atoms with Gasteiger partial charge in [0.05, 0.1) is 0 Å². The molecule has 0 radical (unpaired) electrons. The number of hydrogen-bond acceptors (Lipinski definition) is 5. The van der Waals surface area contributed by atoms with Crippen LogP contribution in [0.1, 0.15) is 19.4 Å². The van der Waals surface area contributed by atoms with Crippen molar-refractivity contribution in [3.8, 4) is 5.75 Å². The molecule has 1 atom stereocenters. The van der Waals surface area contributed by atoms with E-state index in [0.29, 0.717) is 5.69 Å². The fraction of sp³-hybridized carbons (Fsp3) is 0.250. The Morgan fingerprint density at radius 1 is 1.35 bits per heavy atom. The maximum absolute atomic E-state index is 12.1. The van der Waals surface area contributed by atoms with Crippen molar-refractivity contribution < 1.29 is 14.5 Å². The molecule has 2 aromatic rings. The van der Waals surface area contributed by atoms with Gasteiger partial charge in [0.25, 0.3) is 5.91 Å². The largest absolute Gasteiger partial charge is 0.473 e. The summed E-state index contributed by atoms with van der Waals surface area (Å²) in [6, 6.07) is 10.4. The minimum atomic E-state index is -0.899. The first kappa shape index (κ1) is 16.4. The van der Waals surface area contributed by atoms with Crippen LogP contribution in [0.2, 0.25) is 0 Å². The summed E-state index contributed by atoms with van der Waals surface area (Å²) < 4.78 is 5.37. The summed E-state index contributed by atoms with van der Waals surface area (Å²) in [6.45, 7) is 3.57. The zero-order valence-electron chi connectivity index (χ0n) is 12.9. The zero-order chi connectivity index (χ0) is 16.8. The molecular weight excluding hydrogens is 298 g/mol. The molecular formula is C16H17N3O4. The van der Waals surface area contributed by atoms with Crippen LogP contribution in [-0.4, -0.2) is 21.9 Å². The highest BCUT2D eigenvalue weighted by Gasteiger charge is 2.21. The van der Waals surface area contributed by atoms with Gasteiger partial charge in [0.2, 0.25) is 5.75 Å². The van der Waals surface area contributed by atoms with Crippen molar-refractivity contribution in [2.45, 2.75) is 26.4 Å². The smallest absolute Gasteiger partial charge is 0.406 e. The molecule has 1 aromatic carbocycles. The van der Waals surface area contributed by atoms with E-state index in [4.69, 9.17) is 4.74 Å². The highest BCUT2D eigenvalue weighted by Crippen LogP contribution is 2.24. The molecule has 0 fully saturated rings. The van der Waals surface area contributed by atoms with Crippen molar-refractivity contribution in [1.82, 2.24) is 4.98 Å². The molecule has 0 spiro atoms. The van der Waals surface area contributed by atoms with Gasteiger partial charge >= 0.3 is 5.82 Å². The number of benzene rings is 1. The summed E-state index contributed by atoms with van der Waals surface area (Å²) >= 11 is 0. The van der Waals surface area contributed by atoms with E-state index in [1.807, 2.05) is 19.1 Å². The lowest BCUT2D eigenvalue weighted by Crippen LogP contribution is -2.30. The molecule has 7 heteroatoms. The van der Waals surface area contributed by atoms with Crippen LogP contribution in [0.25, 0.3) is 0 Å². The molecule has 0 saturated carbocycles. The number of pyridine rings is 1. The van der Waals surface area contributed by atoms with Crippen LogP contribution < -0.4 is 10.1 Å². The SMILES string of the molecule is CCc1ccc(NC(=O)C(C)Oc2cccnc2[N+](=O)[O-])cc1. The topological polar surface area (TPSA) is 94.4 Å². The summed E-state index contributed by atoms with van der Waals surface area (Å²) in [5, 5.41) is 13.6. The number of ether oxygens (including phenoxy) is 1. The van der Waals surface area contributed by atoms with Gasteiger partial charge in [-0.3, -0.25) is 4.79 Å². The van der Waals surface area contributed by atoms with Crippen molar-refractivity contribution in [1.29, 1.82) is 0 Å². The Morgan fingerprint density at radius 3 is 2.65 bits per heavy atom. The zero-order valence-corrected chi connectivity index (χ0v) is 12.9. The molecule has 0 aliphatic heterocycles. The molecule has 120 valence electrons. The summed E-state index contributed by atoms with van der Waals surface area (Å²) in [6.07, 6.45) is 1.31. The average molecular weight is 315 g/mol. The number of carbonyl (C=O) groups excluding carboxylic acids is 1. The molecule has 0 aliphatic carbocycles. The molecule has 0 saturated heterocycles. The van der Waals surface area contributed by atoms with Crippen molar-refractivity contribution in [3.63, 3.8) is 0 Å². The number of carbonyl (C=O) groups is 1. The van der Waals surface area contributed by atoms with Gasteiger partial charge < -0.3 is 20.2 Å². The van der Waals surface area contributed by atoms with E-state index in [9.17, 15) is 14.9 Å². The fourth-order valence-corrected chi connectivity index (χ4v) is 1.92. The summed E-state index contributed by atoms with van der Waals surface area (Å²) in [5.41, 5.74) is 1.81. The Bertz CT molecular complexity index is 701. The highest BCUT2D eigenvalue weighted by atomic mass is 16.6. The second kappa shape index (κ2) is 7.35. The lowest BCUT2D eigenvalue weighted by atomic mass is 10.1. The normalized spacial score (nSPS) is 11.6. The van der Waals surface area contributed by atoms with Crippen molar-refractivity contribution >= 4 is 17.4 Å². The third-order valence-corrected chi connectivity index (χ3v) is 3.23. The summed E-state index contributed by atoms with van der Waals surface area (Å²) in [5.74, 6) is -0.853.